The Morgan fingerprint density at radius 2 is 2.37 bits per heavy atom. The lowest BCUT2D eigenvalue weighted by Gasteiger charge is -2.17. The van der Waals surface area contributed by atoms with Gasteiger partial charge in [-0.25, -0.2) is 10.2 Å². The van der Waals surface area contributed by atoms with Crippen molar-refractivity contribution in [1.82, 2.24) is 10.3 Å². The van der Waals surface area contributed by atoms with Gasteiger partial charge in [0.2, 0.25) is 0 Å². The monoisotopic (exact) mass is 286 g/mol. The second-order valence-corrected chi connectivity index (χ2v) is 4.23. The van der Waals surface area contributed by atoms with Crippen LogP contribution in [0.4, 0.5) is 4.79 Å². The second kappa shape index (κ2) is 5.85. The molecule has 2 aliphatic rings. The number of urea groups is 1. The minimum atomic E-state index is -0.793. The quantitative estimate of drug-likeness (QED) is 0.464. The number of nitrogens with two attached hydrogens (primary N) is 1. The highest BCUT2D eigenvalue weighted by Gasteiger charge is 2.33. The van der Waals surface area contributed by atoms with Crippen molar-refractivity contribution in [2.45, 2.75) is 6.10 Å². The molecule has 104 valence electrons. The molecule has 0 aromatic carbocycles. The normalized spacial score (nSPS) is 25.6. The van der Waals surface area contributed by atoms with Crippen molar-refractivity contribution in [2.75, 3.05) is 13.6 Å². The molecule has 0 spiro atoms. The number of primary amides is 1. The lowest BCUT2D eigenvalue weighted by molar-refractivity contribution is -0.115. The number of β-amino-alcohol motifs (C(OH)–C–C–N with tert-alkyl or cyclic N) is 1. The van der Waals surface area contributed by atoms with Gasteiger partial charge in [-0.15, -0.1) is 12.4 Å². The van der Waals surface area contributed by atoms with Crippen LogP contribution < -0.4 is 11.2 Å². The Kier molecular flexibility index (Phi) is 4.68. The van der Waals surface area contributed by atoms with Crippen LogP contribution in [0, 0.1) is 5.92 Å². The standard InChI is InChI=1S/C11H14N4O3.ClH/c1-15-5-10(17)7-2-6(4-13-14-11(12)18)9(16)3-8(7)15;/h2-4,6,10,17H,5H2,1H3,(H3,12,14,18);1H/b13-4+;. The van der Waals surface area contributed by atoms with Crippen LogP contribution in [-0.2, 0) is 4.79 Å². The molecule has 2 atom stereocenters. The molecule has 0 saturated carbocycles. The topological polar surface area (TPSA) is 108 Å². The summed E-state index contributed by atoms with van der Waals surface area (Å²) in [5.41, 5.74) is 8.32. The number of likely N-dealkylation sites (tertiary alicyclic amines) is 1. The Balaban J connectivity index is 0.00000180. The Labute approximate surface area is 116 Å². The molecule has 4 N–H and O–H groups in total. The predicted octanol–water partition coefficient (Wildman–Crippen LogP) is -0.622. The number of aliphatic hydroxyl groups is 1. The highest BCUT2D eigenvalue weighted by molar-refractivity contribution is 6.05. The first-order chi connectivity index (χ1) is 8.49. The average molecular weight is 287 g/mol. The van der Waals surface area contributed by atoms with E-state index < -0.39 is 18.1 Å². The number of aliphatic hydroxyl groups excluding tert-OH is 1. The molecule has 1 aliphatic heterocycles. The number of fused-ring (bicyclic) bond motifs is 1. The Bertz CT molecular complexity index is 486. The zero-order valence-corrected chi connectivity index (χ0v) is 11.1. The fourth-order valence-electron chi connectivity index (χ4n) is 2.04. The lowest BCUT2D eigenvalue weighted by Crippen LogP contribution is -2.26. The van der Waals surface area contributed by atoms with Crippen LogP contribution in [0.25, 0.3) is 0 Å². The molecule has 2 amide bonds. The van der Waals surface area contributed by atoms with Gasteiger partial charge in [0.25, 0.3) is 0 Å². The van der Waals surface area contributed by atoms with Crippen molar-refractivity contribution >= 4 is 30.4 Å². The number of nitrogens with zero attached hydrogens (tertiary/aromatic N) is 2. The summed E-state index contributed by atoms with van der Waals surface area (Å²) >= 11 is 0. The van der Waals surface area contributed by atoms with E-state index >= 15 is 0 Å². The molecular formula is C11H15ClN4O3. The molecule has 2 rings (SSSR count). The molecule has 7 nitrogen and oxygen atoms in total. The molecule has 19 heavy (non-hydrogen) atoms. The molecule has 1 aliphatic carbocycles. The summed E-state index contributed by atoms with van der Waals surface area (Å²) in [4.78, 5) is 24.1. The van der Waals surface area contributed by atoms with E-state index in [1.165, 1.54) is 12.3 Å². The fourth-order valence-corrected chi connectivity index (χ4v) is 2.04. The first-order valence-electron chi connectivity index (χ1n) is 5.44. The second-order valence-electron chi connectivity index (χ2n) is 4.23. The van der Waals surface area contributed by atoms with Gasteiger partial charge >= 0.3 is 6.03 Å². The molecule has 8 heteroatoms. The Hall–Kier alpha value is -1.86. The van der Waals surface area contributed by atoms with E-state index in [9.17, 15) is 14.7 Å². The van der Waals surface area contributed by atoms with E-state index in [2.05, 4.69) is 5.10 Å². The van der Waals surface area contributed by atoms with Gasteiger partial charge in [-0.1, -0.05) is 6.08 Å². The molecule has 2 unspecified atom stereocenters. The number of rotatable bonds is 2. The van der Waals surface area contributed by atoms with Gasteiger partial charge in [0.1, 0.15) is 0 Å². The summed E-state index contributed by atoms with van der Waals surface area (Å²) in [6.45, 7) is 0.467. The van der Waals surface area contributed by atoms with Crippen molar-refractivity contribution < 1.29 is 14.7 Å². The highest BCUT2D eigenvalue weighted by atomic mass is 35.5. The third-order valence-electron chi connectivity index (χ3n) is 2.89. The molecule has 0 bridgehead atoms. The van der Waals surface area contributed by atoms with E-state index in [0.29, 0.717) is 12.1 Å². The van der Waals surface area contributed by atoms with E-state index in [4.69, 9.17) is 5.73 Å². The Morgan fingerprint density at radius 1 is 1.68 bits per heavy atom. The number of hydrogen-bond donors (Lipinski definition) is 3. The first kappa shape index (κ1) is 15.2. The van der Waals surface area contributed by atoms with E-state index in [1.54, 1.807) is 6.08 Å². The summed E-state index contributed by atoms with van der Waals surface area (Å²) in [5.74, 6) is -0.735. The smallest absolute Gasteiger partial charge is 0.332 e. The number of likely N-dealkylation sites (N-methyl/N-ethyl adjacent to an activating group) is 1. The fraction of sp³-hybridized carbons (Fsp3) is 0.364. The molecule has 1 saturated heterocycles. The first-order valence-corrected chi connectivity index (χ1v) is 5.44. The number of allylic oxidation sites excluding steroid dienone is 2. The van der Waals surface area contributed by atoms with Crippen LogP contribution in [0.3, 0.4) is 0 Å². The molecular weight excluding hydrogens is 272 g/mol. The van der Waals surface area contributed by atoms with Gasteiger partial charge in [0.15, 0.2) is 5.78 Å². The van der Waals surface area contributed by atoms with Crippen LogP contribution in [-0.4, -0.2) is 47.7 Å². The van der Waals surface area contributed by atoms with E-state index in [-0.39, 0.29) is 18.2 Å². The number of carbonyl (C=O) groups is 2. The van der Waals surface area contributed by atoms with Crippen molar-refractivity contribution in [3.05, 3.63) is 23.4 Å². The zero-order valence-electron chi connectivity index (χ0n) is 10.2. The summed E-state index contributed by atoms with van der Waals surface area (Å²) < 4.78 is 0. The van der Waals surface area contributed by atoms with Crippen LogP contribution in [0.2, 0.25) is 0 Å². The molecule has 1 fully saturated rings. The number of amides is 2. The van der Waals surface area contributed by atoms with Crippen LogP contribution >= 0.6 is 12.4 Å². The number of carbonyl (C=O) groups excluding carboxylic acids is 2. The third kappa shape index (κ3) is 3.12. The molecule has 0 aromatic heterocycles. The summed E-state index contributed by atoms with van der Waals surface area (Å²) in [7, 11) is 1.81. The number of ketones is 1. The zero-order chi connectivity index (χ0) is 13.3. The summed E-state index contributed by atoms with van der Waals surface area (Å²) in [5, 5.41) is 13.4. The van der Waals surface area contributed by atoms with Gasteiger partial charge in [-0.05, 0) is 0 Å². The maximum atomic E-state index is 11.8. The van der Waals surface area contributed by atoms with Gasteiger partial charge < -0.3 is 15.7 Å². The van der Waals surface area contributed by atoms with Gasteiger partial charge in [0, 0.05) is 37.2 Å². The predicted molar refractivity (Wildman–Crippen MR) is 71.8 cm³/mol. The maximum absolute atomic E-state index is 11.8. The summed E-state index contributed by atoms with van der Waals surface area (Å²) in [6.07, 6.45) is 3.82. The van der Waals surface area contributed by atoms with Gasteiger partial charge in [-0.3, -0.25) is 4.79 Å². The van der Waals surface area contributed by atoms with Crippen molar-refractivity contribution in [3.63, 3.8) is 0 Å². The number of nitrogens with one attached hydrogen (secondary N) is 1. The van der Waals surface area contributed by atoms with E-state index in [1.807, 2.05) is 17.4 Å². The molecule has 0 aromatic rings. The average Bonchev–Trinajstić information content (AvgIpc) is 2.54. The SMILES string of the molecule is CN1CC(O)C2=CC(/C=N/NC(N)=O)C(=O)C=C21.Cl. The van der Waals surface area contributed by atoms with Crippen LogP contribution in [0.1, 0.15) is 0 Å². The minimum absolute atomic E-state index is 0. The number of hydrogen-bond acceptors (Lipinski definition) is 5. The lowest BCUT2D eigenvalue weighted by atomic mass is 9.93. The van der Waals surface area contributed by atoms with Crippen molar-refractivity contribution in [1.29, 1.82) is 0 Å². The van der Waals surface area contributed by atoms with Gasteiger partial charge in [0.05, 0.1) is 12.0 Å². The van der Waals surface area contributed by atoms with Crippen LogP contribution in [0.15, 0.2) is 28.5 Å². The van der Waals surface area contributed by atoms with E-state index in [0.717, 1.165) is 5.70 Å². The van der Waals surface area contributed by atoms with Gasteiger partial charge in [-0.2, -0.15) is 5.10 Å². The molecule has 0 radical (unpaired) electrons. The Morgan fingerprint density at radius 3 is 3.00 bits per heavy atom. The highest BCUT2D eigenvalue weighted by Crippen LogP contribution is 2.30. The van der Waals surface area contributed by atoms with Crippen LogP contribution in [0.5, 0.6) is 0 Å². The van der Waals surface area contributed by atoms with Crippen molar-refractivity contribution in [2.24, 2.45) is 16.8 Å². The number of hydrazone groups is 1. The third-order valence-corrected chi connectivity index (χ3v) is 2.89. The maximum Gasteiger partial charge on any atom is 0.332 e. The molecule has 1 heterocycles. The minimum Gasteiger partial charge on any atom is -0.386 e. The number of halogens is 1. The van der Waals surface area contributed by atoms with Crippen molar-refractivity contribution in [3.8, 4) is 0 Å². The summed E-state index contributed by atoms with van der Waals surface area (Å²) in [6, 6.07) is -0.793. The largest absolute Gasteiger partial charge is 0.386 e.